The molecule has 25 heavy (non-hydrogen) atoms. The SMILES string of the molecule is CCC1(c2ccccc2)CCN(Cc2cccc(C(F)(F)F)c2)CC1. The van der Waals surface area contributed by atoms with Gasteiger partial charge in [-0.2, -0.15) is 13.2 Å². The highest BCUT2D eigenvalue weighted by Gasteiger charge is 2.35. The Balaban J connectivity index is 1.67. The van der Waals surface area contributed by atoms with Gasteiger partial charge in [-0.05, 0) is 55.0 Å². The number of rotatable bonds is 4. The molecule has 2 aromatic rings. The van der Waals surface area contributed by atoms with Crippen LogP contribution in [0.3, 0.4) is 0 Å². The van der Waals surface area contributed by atoms with Crippen LogP contribution < -0.4 is 0 Å². The number of hydrogen-bond acceptors (Lipinski definition) is 1. The lowest BCUT2D eigenvalue weighted by molar-refractivity contribution is -0.137. The molecule has 0 spiro atoms. The van der Waals surface area contributed by atoms with Crippen molar-refractivity contribution in [1.82, 2.24) is 4.90 Å². The van der Waals surface area contributed by atoms with Gasteiger partial charge in [-0.15, -0.1) is 0 Å². The molecule has 0 aliphatic carbocycles. The zero-order chi connectivity index (χ0) is 17.9. The van der Waals surface area contributed by atoms with Crippen molar-refractivity contribution in [2.24, 2.45) is 0 Å². The first-order valence-corrected chi connectivity index (χ1v) is 8.87. The summed E-state index contributed by atoms with van der Waals surface area (Å²) in [6, 6.07) is 16.3. The van der Waals surface area contributed by atoms with Crippen LogP contribution in [0.15, 0.2) is 54.6 Å². The molecule has 1 aliphatic rings. The lowest BCUT2D eigenvalue weighted by atomic mass is 9.71. The minimum atomic E-state index is -4.28. The number of halogens is 3. The van der Waals surface area contributed by atoms with Crippen LogP contribution in [-0.2, 0) is 18.1 Å². The van der Waals surface area contributed by atoms with Crippen molar-refractivity contribution in [1.29, 1.82) is 0 Å². The molecule has 1 nitrogen and oxygen atoms in total. The third-order valence-corrected chi connectivity index (χ3v) is 5.54. The Morgan fingerprint density at radius 2 is 1.64 bits per heavy atom. The summed E-state index contributed by atoms with van der Waals surface area (Å²) in [6.45, 7) is 4.64. The third-order valence-electron chi connectivity index (χ3n) is 5.54. The van der Waals surface area contributed by atoms with E-state index in [4.69, 9.17) is 0 Å². The molecule has 0 saturated carbocycles. The van der Waals surface area contributed by atoms with E-state index >= 15 is 0 Å². The molecule has 1 saturated heterocycles. The fraction of sp³-hybridized carbons (Fsp3) is 0.429. The number of benzene rings is 2. The number of hydrogen-bond donors (Lipinski definition) is 0. The van der Waals surface area contributed by atoms with E-state index in [2.05, 4.69) is 36.1 Å². The van der Waals surface area contributed by atoms with E-state index in [1.165, 1.54) is 17.7 Å². The molecule has 0 radical (unpaired) electrons. The van der Waals surface area contributed by atoms with Crippen LogP contribution >= 0.6 is 0 Å². The summed E-state index contributed by atoms with van der Waals surface area (Å²) in [5, 5.41) is 0. The van der Waals surface area contributed by atoms with Crippen molar-refractivity contribution in [3.8, 4) is 0 Å². The standard InChI is InChI=1S/C21H24F3N/c1-2-20(18-8-4-3-5-9-18)11-13-25(14-12-20)16-17-7-6-10-19(15-17)21(22,23)24/h3-10,15H,2,11-14,16H2,1H3. The number of piperidine rings is 1. The van der Waals surface area contributed by atoms with Crippen LogP contribution in [0, 0.1) is 0 Å². The van der Waals surface area contributed by atoms with Gasteiger partial charge >= 0.3 is 6.18 Å². The first-order valence-electron chi connectivity index (χ1n) is 8.87. The third kappa shape index (κ3) is 4.06. The van der Waals surface area contributed by atoms with Gasteiger partial charge in [0.2, 0.25) is 0 Å². The fourth-order valence-corrected chi connectivity index (χ4v) is 3.88. The molecule has 0 aromatic heterocycles. The second-order valence-electron chi connectivity index (χ2n) is 6.97. The molecular formula is C21H24F3N. The van der Waals surface area contributed by atoms with Gasteiger partial charge in [-0.25, -0.2) is 0 Å². The molecule has 0 unspecified atom stereocenters. The van der Waals surface area contributed by atoms with Crippen LogP contribution in [0.25, 0.3) is 0 Å². The Morgan fingerprint density at radius 1 is 0.960 bits per heavy atom. The van der Waals surface area contributed by atoms with Crippen molar-refractivity contribution in [2.75, 3.05) is 13.1 Å². The summed E-state index contributed by atoms with van der Waals surface area (Å²) >= 11 is 0. The van der Waals surface area contributed by atoms with E-state index in [1.807, 2.05) is 6.07 Å². The second-order valence-corrected chi connectivity index (χ2v) is 6.97. The van der Waals surface area contributed by atoms with Crippen LogP contribution in [0.1, 0.15) is 42.9 Å². The molecule has 3 rings (SSSR count). The fourth-order valence-electron chi connectivity index (χ4n) is 3.88. The average molecular weight is 347 g/mol. The van der Waals surface area contributed by atoms with Gasteiger partial charge in [0.25, 0.3) is 0 Å². The molecule has 0 amide bonds. The zero-order valence-electron chi connectivity index (χ0n) is 14.5. The van der Waals surface area contributed by atoms with Crippen molar-refractivity contribution in [2.45, 2.75) is 44.3 Å². The van der Waals surface area contributed by atoms with Crippen molar-refractivity contribution in [3.63, 3.8) is 0 Å². The Labute approximate surface area is 147 Å². The van der Waals surface area contributed by atoms with Gasteiger partial charge in [0.1, 0.15) is 0 Å². The van der Waals surface area contributed by atoms with Crippen LogP contribution in [0.5, 0.6) is 0 Å². The van der Waals surface area contributed by atoms with E-state index in [1.54, 1.807) is 6.07 Å². The van der Waals surface area contributed by atoms with Crippen LogP contribution in [0.2, 0.25) is 0 Å². The van der Waals surface area contributed by atoms with Gasteiger partial charge in [-0.1, -0.05) is 55.5 Å². The Kier molecular flexibility index (Phi) is 5.19. The molecule has 2 aromatic carbocycles. The number of alkyl halides is 3. The Bertz CT molecular complexity index is 686. The molecule has 0 bridgehead atoms. The molecule has 1 heterocycles. The first kappa shape index (κ1) is 18.0. The summed E-state index contributed by atoms with van der Waals surface area (Å²) in [5.41, 5.74) is 1.76. The quantitative estimate of drug-likeness (QED) is 0.691. The zero-order valence-corrected chi connectivity index (χ0v) is 14.5. The monoisotopic (exact) mass is 347 g/mol. The predicted molar refractivity (Wildman–Crippen MR) is 94.4 cm³/mol. The summed E-state index contributed by atoms with van der Waals surface area (Å²) in [5.74, 6) is 0. The van der Waals surface area contributed by atoms with Crippen molar-refractivity contribution < 1.29 is 13.2 Å². The molecule has 0 N–H and O–H groups in total. The minimum Gasteiger partial charge on any atom is -0.299 e. The summed E-state index contributed by atoms with van der Waals surface area (Å²) < 4.78 is 38.6. The van der Waals surface area contributed by atoms with E-state index in [0.29, 0.717) is 6.54 Å². The number of likely N-dealkylation sites (tertiary alicyclic amines) is 1. The van der Waals surface area contributed by atoms with Gasteiger partial charge in [0, 0.05) is 6.54 Å². The van der Waals surface area contributed by atoms with Crippen molar-refractivity contribution in [3.05, 3.63) is 71.3 Å². The Hall–Kier alpha value is -1.81. The van der Waals surface area contributed by atoms with E-state index in [0.717, 1.165) is 44.0 Å². The maximum absolute atomic E-state index is 12.9. The molecule has 1 aliphatic heterocycles. The summed E-state index contributed by atoms with van der Waals surface area (Å²) in [7, 11) is 0. The van der Waals surface area contributed by atoms with E-state index in [-0.39, 0.29) is 5.41 Å². The van der Waals surface area contributed by atoms with E-state index < -0.39 is 11.7 Å². The first-order chi connectivity index (χ1) is 11.9. The van der Waals surface area contributed by atoms with Gasteiger partial charge in [-0.3, -0.25) is 4.90 Å². The van der Waals surface area contributed by atoms with Gasteiger partial charge < -0.3 is 0 Å². The van der Waals surface area contributed by atoms with E-state index in [9.17, 15) is 13.2 Å². The number of nitrogens with zero attached hydrogens (tertiary/aromatic N) is 1. The summed E-state index contributed by atoms with van der Waals surface area (Å²) in [4.78, 5) is 2.27. The molecular weight excluding hydrogens is 323 g/mol. The maximum Gasteiger partial charge on any atom is 0.416 e. The molecule has 134 valence electrons. The van der Waals surface area contributed by atoms with Crippen LogP contribution in [0.4, 0.5) is 13.2 Å². The van der Waals surface area contributed by atoms with Gasteiger partial charge in [0.05, 0.1) is 5.56 Å². The molecule has 1 fully saturated rings. The highest BCUT2D eigenvalue weighted by atomic mass is 19.4. The average Bonchev–Trinajstić information content (AvgIpc) is 2.63. The lowest BCUT2D eigenvalue weighted by Gasteiger charge is -2.42. The highest BCUT2D eigenvalue weighted by Crippen LogP contribution is 2.39. The topological polar surface area (TPSA) is 3.24 Å². The Morgan fingerprint density at radius 3 is 2.24 bits per heavy atom. The van der Waals surface area contributed by atoms with Crippen LogP contribution in [-0.4, -0.2) is 18.0 Å². The second kappa shape index (κ2) is 7.20. The van der Waals surface area contributed by atoms with Gasteiger partial charge in [0.15, 0.2) is 0 Å². The molecule has 0 atom stereocenters. The minimum absolute atomic E-state index is 0.200. The smallest absolute Gasteiger partial charge is 0.299 e. The summed E-state index contributed by atoms with van der Waals surface area (Å²) in [6.07, 6.45) is -1.09. The molecule has 4 heteroatoms. The highest BCUT2D eigenvalue weighted by molar-refractivity contribution is 5.27. The normalized spacial score (nSPS) is 18.2. The maximum atomic E-state index is 12.9. The lowest BCUT2D eigenvalue weighted by Crippen LogP contribution is -2.42. The predicted octanol–water partition coefficient (Wildman–Crippen LogP) is 5.65. The van der Waals surface area contributed by atoms with Crippen molar-refractivity contribution >= 4 is 0 Å². The largest absolute Gasteiger partial charge is 0.416 e.